The zero-order valence-electron chi connectivity index (χ0n) is 5.54. The highest BCUT2D eigenvalue weighted by Crippen LogP contribution is 1.81. The number of aliphatic imine (C=N–C) groups is 2. The standard InChI is InChI=1S/C6H8N2O2/c9-5-7-3-1-2-4-8-6-10/h1-4H2/q+2. The molecule has 0 aromatic carbocycles. The number of hydrogen-bond acceptors (Lipinski definition) is 4. The topological polar surface area (TPSA) is 62.3 Å². The molecule has 0 N–H and O–H groups in total. The molecular weight excluding hydrogens is 132 g/mol. The van der Waals surface area contributed by atoms with Gasteiger partial charge in [-0.1, -0.05) is 0 Å². The van der Waals surface area contributed by atoms with Gasteiger partial charge in [-0.3, -0.25) is 0 Å². The maximum Gasteiger partial charge on any atom is 0.496 e. The molecular formula is C6H8N2O2+2. The van der Waals surface area contributed by atoms with E-state index in [0.717, 1.165) is 12.8 Å². The van der Waals surface area contributed by atoms with Crippen LogP contribution in [0.1, 0.15) is 12.8 Å². The fourth-order valence-electron chi connectivity index (χ4n) is 0.473. The Morgan fingerprint density at radius 1 is 0.900 bits per heavy atom. The van der Waals surface area contributed by atoms with Gasteiger partial charge in [0, 0.05) is 12.8 Å². The second kappa shape index (κ2) is 7.76. The van der Waals surface area contributed by atoms with Gasteiger partial charge in [-0.05, 0) is 0 Å². The van der Waals surface area contributed by atoms with E-state index in [1.54, 1.807) is 0 Å². The third kappa shape index (κ3) is 6.76. The van der Waals surface area contributed by atoms with Crippen molar-refractivity contribution in [3.8, 4) is 0 Å². The third-order valence-corrected chi connectivity index (χ3v) is 0.919. The summed E-state index contributed by atoms with van der Waals surface area (Å²) < 4.78 is 0. The van der Waals surface area contributed by atoms with Crippen molar-refractivity contribution in [2.45, 2.75) is 12.8 Å². The Kier molecular flexibility index (Phi) is 6.80. The van der Waals surface area contributed by atoms with Gasteiger partial charge in [0.1, 0.15) is 9.98 Å². The molecule has 0 aliphatic rings. The Morgan fingerprint density at radius 2 is 1.30 bits per heavy atom. The summed E-state index contributed by atoms with van der Waals surface area (Å²) >= 11 is 0. The summed E-state index contributed by atoms with van der Waals surface area (Å²) in [5, 5.41) is 0. The van der Waals surface area contributed by atoms with Gasteiger partial charge in [-0.2, -0.15) is 9.59 Å². The molecule has 4 heteroatoms. The van der Waals surface area contributed by atoms with Crippen molar-refractivity contribution in [3.05, 3.63) is 0 Å². The van der Waals surface area contributed by atoms with Crippen molar-refractivity contribution in [2.75, 3.05) is 13.1 Å². The van der Waals surface area contributed by atoms with Crippen LogP contribution < -0.4 is 9.98 Å². The SMILES string of the molecule is O=C=[N+]CCCC[N+]=C=O. The third-order valence-electron chi connectivity index (χ3n) is 0.919. The Hall–Kier alpha value is -1.24. The maximum atomic E-state index is 9.52. The van der Waals surface area contributed by atoms with Gasteiger partial charge >= 0.3 is 12.2 Å². The van der Waals surface area contributed by atoms with Gasteiger partial charge in [0.25, 0.3) is 0 Å². The molecule has 10 heavy (non-hydrogen) atoms. The molecule has 0 atom stereocenters. The van der Waals surface area contributed by atoms with Crippen molar-refractivity contribution < 1.29 is 9.59 Å². The van der Waals surface area contributed by atoms with Crippen LogP contribution in [-0.4, -0.2) is 25.2 Å². The van der Waals surface area contributed by atoms with E-state index in [1.807, 2.05) is 0 Å². The molecule has 0 spiro atoms. The first-order valence-electron chi connectivity index (χ1n) is 2.99. The number of unbranched alkanes of at least 4 members (excludes halogenated alkanes) is 1. The van der Waals surface area contributed by atoms with Gasteiger partial charge in [-0.25, -0.2) is 0 Å². The predicted octanol–water partition coefficient (Wildman–Crippen LogP) is -0.890. The van der Waals surface area contributed by atoms with Crippen LogP contribution in [0.15, 0.2) is 0 Å². The summed E-state index contributed by atoms with van der Waals surface area (Å²) in [7, 11) is 0. The molecule has 0 bridgehead atoms. The van der Waals surface area contributed by atoms with E-state index in [1.165, 1.54) is 12.2 Å². The lowest BCUT2D eigenvalue weighted by Gasteiger charge is -1.73. The van der Waals surface area contributed by atoms with Gasteiger partial charge in [0.15, 0.2) is 0 Å². The van der Waals surface area contributed by atoms with Gasteiger partial charge in [0.2, 0.25) is 13.1 Å². The zero-order chi connectivity index (χ0) is 7.66. The molecule has 0 saturated heterocycles. The highest BCUT2D eigenvalue weighted by molar-refractivity contribution is 5.31. The molecule has 0 aromatic heterocycles. The van der Waals surface area contributed by atoms with Crippen LogP contribution in [0.4, 0.5) is 0 Å². The van der Waals surface area contributed by atoms with Crippen LogP contribution in [0.3, 0.4) is 0 Å². The summed E-state index contributed by atoms with van der Waals surface area (Å²) in [5.41, 5.74) is 0. The highest BCUT2D eigenvalue weighted by atomic mass is 16.1. The Bertz CT molecular complexity index is 147. The van der Waals surface area contributed by atoms with Crippen molar-refractivity contribution in [2.24, 2.45) is 0 Å². The van der Waals surface area contributed by atoms with Gasteiger partial charge < -0.3 is 0 Å². The van der Waals surface area contributed by atoms with Crippen molar-refractivity contribution in [1.29, 1.82) is 0 Å². The van der Waals surface area contributed by atoms with Gasteiger partial charge in [-0.15, -0.1) is 0 Å². The van der Waals surface area contributed by atoms with E-state index in [2.05, 4.69) is 9.98 Å². The normalized spacial score (nSPS) is 7.60. The first-order valence-corrected chi connectivity index (χ1v) is 2.99. The average Bonchev–Trinajstić information content (AvgIpc) is 1.97. The first kappa shape index (κ1) is 8.76. The molecule has 0 fully saturated rings. The maximum absolute atomic E-state index is 9.52. The van der Waals surface area contributed by atoms with E-state index in [0.29, 0.717) is 13.1 Å². The largest absolute Gasteiger partial charge is 0.496 e. The molecule has 4 nitrogen and oxygen atoms in total. The summed E-state index contributed by atoms with van der Waals surface area (Å²) in [6.07, 6.45) is 4.38. The zero-order valence-corrected chi connectivity index (χ0v) is 5.54. The molecule has 0 rings (SSSR count). The fourth-order valence-corrected chi connectivity index (χ4v) is 0.473. The molecule has 0 amide bonds. The van der Waals surface area contributed by atoms with Gasteiger partial charge in [0.05, 0.1) is 0 Å². The quantitative estimate of drug-likeness (QED) is 0.282. The van der Waals surface area contributed by atoms with Crippen molar-refractivity contribution in [1.82, 2.24) is 9.98 Å². The lowest BCUT2D eigenvalue weighted by Crippen LogP contribution is -1.97. The van der Waals surface area contributed by atoms with Crippen LogP contribution in [0.5, 0.6) is 0 Å². The Labute approximate surface area is 58.7 Å². The van der Waals surface area contributed by atoms with Crippen molar-refractivity contribution in [3.63, 3.8) is 0 Å². The molecule has 0 aliphatic heterocycles. The van der Waals surface area contributed by atoms with E-state index in [-0.39, 0.29) is 0 Å². The minimum absolute atomic E-state index is 0.470. The second-order valence-corrected chi connectivity index (χ2v) is 1.65. The summed E-state index contributed by atoms with van der Waals surface area (Å²) in [6, 6.07) is 0. The van der Waals surface area contributed by atoms with Crippen LogP contribution in [0.2, 0.25) is 0 Å². The molecule has 2 radical (unpaired) electrons. The average molecular weight is 140 g/mol. The molecule has 0 saturated carbocycles. The summed E-state index contributed by atoms with van der Waals surface area (Å²) in [5.74, 6) is 0. The van der Waals surface area contributed by atoms with E-state index >= 15 is 0 Å². The minimum Gasteiger partial charge on any atom is -0.154 e. The minimum atomic E-state index is 0.470. The number of carbonyl (C=O) groups excluding carboxylic acids is 2. The Balaban J connectivity index is 3.04. The smallest absolute Gasteiger partial charge is 0.154 e. The van der Waals surface area contributed by atoms with E-state index < -0.39 is 0 Å². The molecule has 0 unspecified atom stereocenters. The van der Waals surface area contributed by atoms with Crippen LogP contribution in [0, 0.1) is 0 Å². The van der Waals surface area contributed by atoms with E-state index in [9.17, 15) is 9.59 Å². The predicted molar refractivity (Wildman–Crippen MR) is 34.6 cm³/mol. The first-order chi connectivity index (χ1) is 4.91. The number of rotatable bonds is 5. The van der Waals surface area contributed by atoms with Crippen LogP contribution in [-0.2, 0) is 9.59 Å². The van der Waals surface area contributed by atoms with E-state index in [4.69, 9.17) is 0 Å². The van der Waals surface area contributed by atoms with Crippen LogP contribution >= 0.6 is 0 Å². The number of isocyanates is 2. The second-order valence-electron chi connectivity index (χ2n) is 1.65. The molecule has 0 heterocycles. The summed E-state index contributed by atoms with van der Waals surface area (Å²) in [4.78, 5) is 25.7. The van der Waals surface area contributed by atoms with Crippen molar-refractivity contribution >= 4 is 12.2 Å². The highest BCUT2D eigenvalue weighted by Gasteiger charge is 1.98. The molecule has 52 valence electrons. The van der Waals surface area contributed by atoms with Crippen LogP contribution in [0.25, 0.3) is 0 Å². The molecule has 0 aromatic rings. The molecule has 0 aliphatic carbocycles. The fraction of sp³-hybridized carbons (Fsp3) is 0.667. The lowest BCUT2D eigenvalue weighted by atomic mass is 10.3. The lowest BCUT2D eigenvalue weighted by molar-refractivity contribution is 0.553. The monoisotopic (exact) mass is 140 g/mol. The number of hydrogen-bond donors (Lipinski definition) is 0. The Morgan fingerprint density at radius 3 is 1.60 bits per heavy atom. The number of nitrogens with zero attached hydrogens (tertiary/aromatic N) is 2. The summed E-state index contributed by atoms with van der Waals surface area (Å²) in [6.45, 7) is 0.940.